The third kappa shape index (κ3) is 3.23. The molecule has 0 amide bonds. The molecule has 1 aromatic carbocycles. The van der Waals surface area contributed by atoms with E-state index in [-0.39, 0.29) is 5.82 Å². The molecule has 1 aliphatic rings. The van der Waals surface area contributed by atoms with Crippen molar-refractivity contribution in [3.63, 3.8) is 0 Å². The van der Waals surface area contributed by atoms with Gasteiger partial charge in [0.15, 0.2) is 0 Å². The van der Waals surface area contributed by atoms with E-state index < -0.39 is 0 Å². The van der Waals surface area contributed by atoms with Crippen molar-refractivity contribution in [2.24, 2.45) is 0 Å². The average Bonchev–Trinajstić information content (AvgIpc) is 2.42. The van der Waals surface area contributed by atoms with E-state index >= 15 is 0 Å². The molecule has 2 aromatic rings. The Morgan fingerprint density at radius 2 is 1.95 bits per heavy atom. The van der Waals surface area contributed by atoms with Gasteiger partial charge in [-0.2, -0.15) is 0 Å². The third-order valence-corrected chi connectivity index (χ3v) is 4.05. The van der Waals surface area contributed by atoms with Crippen LogP contribution in [0.15, 0.2) is 48.8 Å². The topological polar surface area (TPSA) is 24.9 Å². The minimum atomic E-state index is -0.128. The zero-order chi connectivity index (χ0) is 13.8. The maximum Gasteiger partial charge on any atom is 0.123 e. The van der Waals surface area contributed by atoms with Crippen LogP contribution in [0.25, 0.3) is 0 Å². The largest absolute Gasteiger partial charge is 0.314 e. The van der Waals surface area contributed by atoms with Gasteiger partial charge < -0.3 is 5.32 Å². The van der Waals surface area contributed by atoms with Crippen molar-refractivity contribution in [1.29, 1.82) is 0 Å². The fraction of sp³-hybridized carbons (Fsp3) is 0.353. The number of halogens is 1. The smallest absolute Gasteiger partial charge is 0.123 e. The highest BCUT2D eigenvalue weighted by molar-refractivity contribution is 5.23. The molecule has 0 spiro atoms. The summed E-state index contributed by atoms with van der Waals surface area (Å²) >= 11 is 0. The second-order valence-corrected chi connectivity index (χ2v) is 5.48. The van der Waals surface area contributed by atoms with Crippen molar-refractivity contribution in [1.82, 2.24) is 10.3 Å². The van der Waals surface area contributed by atoms with Crippen LogP contribution in [-0.2, 0) is 6.42 Å². The summed E-state index contributed by atoms with van der Waals surface area (Å²) in [6.45, 7) is 0.991. The highest BCUT2D eigenvalue weighted by Crippen LogP contribution is 2.36. The fourth-order valence-electron chi connectivity index (χ4n) is 2.79. The number of hydrogen-bond acceptors (Lipinski definition) is 2. The van der Waals surface area contributed by atoms with Crippen LogP contribution in [0.3, 0.4) is 0 Å². The number of benzene rings is 1. The van der Waals surface area contributed by atoms with Gasteiger partial charge in [-0.25, -0.2) is 4.39 Å². The van der Waals surface area contributed by atoms with Gasteiger partial charge in [-0.1, -0.05) is 12.1 Å². The molecule has 0 saturated heterocycles. The van der Waals surface area contributed by atoms with Crippen molar-refractivity contribution >= 4 is 0 Å². The third-order valence-electron chi connectivity index (χ3n) is 4.05. The number of nitrogens with one attached hydrogen (secondary N) is 1. The van der Waals surface area contributed by atoms with Gasteiger partial charge in [-0.3, -0.25) is 4.98 Å². The SMILES string of the molecule is Fc1cccc(C2CC(NCCc3ccncc3)C2)c1. The molecule has 0 unspecified atom stereocenters. The van der Waals surface area contributed by atoms with Crippen LogP contribution in [0.5, 0.6) is 0 Å². The Balaban J connectivity index is 1.40. The van der Waals surface area contributed by atoms with Crippen LogP contribution >= 0.6 is 0 Å². The number of hydrogen-bond donors (Lipinski definition) is 1. The van der Waals surface area contributed by atoms with Crippen LogP contribution in [0.2, 0.25) is 0 Å². The second kappa shape index (κ2) is 6.14. The first-order valence-corrected chi connectivity index (χ1v) is 7.19. The highest BCUT2D eigenvalue weighted by atomic mass is 19.1. The Bertz CT molecular complexity index is 550. The zero-order valence-corrected chi connectivity index (χ0v) is 11.4. The molecule has 3 rings (SSSR count). The molecule has 20 heavy (non-hydrogen) atoms. The lowest BCUT2D eigenvalue weighted by molar-refractivity contribution is 0.292. The lowest BCUT2D eigenvalue weighted by Crippen LogP contribution is -2.40. The Labute approximate surface area is 119 Å². The van der Waals surface area contributed by atoms with Gasteiger partial charge in [0.1, 0.15) is 5.82 Å². The van der Waals surface area contributed by atoms with Crippen LogP contribution in [0, 0.1) is 5.82 Å². The number of aromatic nitrogens is 1. The van der Waals surface area contributed by atoms with Crippen LogP contribution < -0.4 is 5.32 Å². The van der Waals surface area contributed by atoms with Gasteiger partial charge in [0.2, 0.25) is 0 Å². The van der Waals surface area contributed by atoms with E-state index in [1.807, 2.05) is 18.5 Å². The van der Waals surface area contributed by atoms with Crippen molar-refractivity contribution < 1.29 is 4.39 Å². The predicted octanol–water partition coefficient (Wildman–Crippen LogP) is 3.30. The first kappa shape index (κ1) is 13.3. The van der Waals surface area contributed by atoms with Crippen molar-refractivity contribution in [2.45, 2.75) is 31.2 Å². The Hall–Kier alpha value is -1.74. The molecule has 0 aliphatic heterocycles. The molecule has 1 N–H and O–H groups in total. The summed E-state index contributed by atoms with van der Waals surface area (Å²) in [5, 5.41) is 3.57. The molecular formula is C17H19FN2. The molecule has 1 fully saturated rings. The van der Waals surface area contributed by atoms with Crippen LogP contribution in [0.4, 0.5) is 4.39 Å². The van der Waals surface area contributed by atoms with Gasteiger partial charge in [0.25, 0.3) is 0 Å². The summed E-state index contributed by atoms with van der Waals surface area (Å²) in [7, 11) is 0. The molecule has 104 valence electrons. The molecule has 3 heteroatoms. The summed E-state index contributed by atoms with van der Waals surface area (Å²) in [5.41, 5.74) is 2.45. The normalized spacial score (nSPS) is 21.4. The maximum absolute atomic E-state index is 13.2. The van der Waals surface area contributed by atoms with Gasteiger partial charge >= 0.3 is 0 Å². The number of pyridine rings is 1. The van der Waals surface area contributed by atoms with Gasteiger partial charge in [-0.05, 0) is 67.1 Å². The molecule has 0 bridgehead atoms. The van der Waals surface area contributed by atoms with Gasteiger partial charge in [0, 0.05) is 18.4 Å². The van der Waals surface area contributed by atoms with Crippen molar-refractivity contribution in [3.8, 4) is 0 Å². The fourth-order valence-corrected chi connectivity index (χ4v) is 2.79. The number of nitrogens with zero attached hydrogens (tertiary/aromatic N) is 1. The monoisotopic (exact) mass is 270 g/mol. The molecule has 1 heterocycles. The van der Waals surface area contributed by atoms with E-state index in [0.29, 0.717) is 12.0 Å². The summed E-state index contributed by atoms with van der Waals surface area (Å²) in [5.74, 6) is 0.390. The summed E-state index contributed by atoms with van der Waals surface area (Å²) in [4.78, 5) is 4.02. The molecular weight excluding hydrogens is 251 g/mol. The van der Waals surface area contributed by atoms with E-state index in [1.54, 1.807) is 12.1 Å². The van der Waals surface area contributed by atoms with E-state index in [0.717, 1.165) is 31.4 Å². The minimum Gasteiger partial charge on any atom is -0.314 e. The lowest BCUT2D eigenvalue weighted by atomic mass is 9.76. The van der Waals surface area contributed by atoms with Crippen LogP contribution in [0.1, 0.15) is 29.9 Å². The predicted molar refractivity (Wildman–Crippen MR) is 78.1 cm³/mol. The maximum atomic E-state index is 13.2. The second-order valence-electron chi connectivity index (χ2n) is 5.48. The quantitative estimate of drug-likeness (QED) is 0.901. The Morgan fingerprint density at radius 1 is 1.15 bits per heavy atom. The van der Waals surface area contributed by atoms with Gasteiger partial charge in [0.05, 0.1) is 0 Å². The molecule has 0 atom stereocenters. The number of rotatable bonds is 5. The van der Waals surface area contributed by atoms with E-state index in [4.69, 9.17) is 0 Å². The molecule has 1 saturated carbocycles. The summed E-state index contributed by atoms with van der Waals surface area (Å²) < 4.78 is 13.2. The molecule has 0 radical (unpaired) electrons. The average molecular weight is 270 g/mol. The molecule has 1 aromatic heterocycles. The Kier molecular flexibility index (Phi) is 4.07. The minimum absolute atomic E-state index is 0.128. The van der Waals surface area contributed by atoms with Crippen molar-refractivity contribution in [3.05, 3.63) is 65.7 Å². The van der Waals surface area contributed by atoms with E-state index in [9.17, 15) is 4.39 Å². The van der Waals surface area contributed by atoms with Gasteiger partial charge in [-0.15, -0.1) is 0 Å². The molecule has 2 nitrogen and oxygen atoms in total. The Morgan fingerprint density at radius 3 is 2.70 bits per heavy atom. The van der Waals surface area contributed by atoms with E-state index in [1.165, 1.54) is 11.6 Å². The zero-order valence-electron chi connectivity index (χ0n) is 11.4. The lowest BCUT2D eigenvalue weighted by Gasteiger charge is -2.36. The molecule has 1 aliphatic carbocycles. The summed E-state index contributed by atoms with van der Waals surface area (Å²) in [6.07, 6.45) is 6.92. The van der Waals surface area contributed by atoms with Crippen LogP contribution in [-0.4, -0.2) is 17.6 Å². The van der Waals surface area contributed by atoms with E-state index in [2.05, 4.69) is 22.4 Å². The standard InChI is InChI=1S/C17H19FN2/c18-16-3-1-2-14(10-16)15-11-17(12-15)20-9-6-13-4-7-19-8-5-13/h1-5,7-8,10,15,17,20H,6,9,11-12H2. The summed E-state index contributed by atoms with van der Waals surface area (Å²) in [6, 6.07) is 11.7. The first-order valence-electron chi connectivity index (χ1n) is 7.19. The highest BCUT2D eigenvalue weighted by Gasteiger charge is 2.29. The first-order chi connectivity index (χ1) is 9.81. The van der Waals surface area contributed by atoms with Crippen molar-refractivity contribution in [2.75, 3.05) is 6.54 Å².